The Morgan fingerprint density at radius 3 is 1.85 bits per heavy atom. The quantitative estimate of drug-likeness (QED) is 0.576. The predicted molar refractivity (Wildman–Crippen MR) is 105 cm³/mol. The largest absolute Gasteiger partial charge is 0.322 e. The topological polar surface area (TPSA) is 46.2 Å². The lowest BCUT2D eigenvalue weighted by molar-refractivity contribution is 0.0990. The van der Waals surface area contributed by atoms with Crippen LogP contribution in [-0.2, 0) is 6.42 Å². The molecule has 130 valence electrons. The summed E-state index contributed by atoms with van der Waals surface area (Å²) in [6, 6.07) is 20.9. The van der Waals surface area contributed by atoms with Crippen molar-refractivity contribution < 1.29 is 9.59 Å². The fourth-order valence-electron chi connectivity index (χ4n) is 2.52. The van der Waals surface area contributed by atoms with Crippen LogP contribution in [0.15, 0.2) is 72.8 Å². The van der Waals surface area contributed by atoms with Gasteiger partial charge in [0, 0.05) is 17.7 Å². The summed E-state index contributed by atoms with van der Waals surface area (Å²) in [7, 11) is 0. The molecule has 0 aliphatic carbocycles. The van der Waals surface area contributed by atoms with Crippen molar-refractivity contribution in [3.05, 3.63) is 99.5 Å². The van der Waals surface area contributed by atoms with Gasteiger partial charge in [0.05, 0.1) is 15.6 Å². The fourth-order valence-corrected chi connectivity index (χ4v) is 2.98. The minimum Gasteiger partial charge on any atom is -0.322 e. The van der Waals surface area contributed by atoms with Gasteiger partial charge >= 0.3 is 0 Å². The van der Waals surface area contributed by atoms with E-state index in [1.54, 1.807) is 72.8 Å². The number of benzene rings is 3. The van der Waals surface area contributed by atoms with Crippen molar-refractivity contribution in [3.63, 3.8) is 0 Å². The molecule has 0 bridgehead atoms. The molecule has 0 saturated heterocycles. The van der Waals surface area contributed by atoms with Crippen LogP contribution < -0.4 is 5.32 Å². The van der Waals surface area contributed by atoms with E-state index in [-0.39, 0.29) is 18.1 Å². The minimum absolute atomic E-state index is 0.0524. The lowest BCUT2D eigenvalue weighted by atomic mass is 10.0. The number of hydrogen-bond acceptors (Lipinski definition) is 2. The van der Waals surface area contributed by atoms with E-state index in [0.717, 1.165) is 5.56 Å². The summed E-state index contributed by atoms with van der Waals surface area (Å²) in [5, 5.41) is 3.63. The Morgan fingerprint density at radius 1 is 0.731 bits per heavy atom. The van der Waals surface area contributed by atoms with Gasteiger partial charge in [0.2, 0.25) is 0 Å². The van der Waals surface area contributed by atoms with E-state index in [0.29, 0.717) is 26.9 Å². The Morgan fingerprint density at radius 2 is 1.27 bits per heavy atom. The number of anilines is 1. The van der Waals surface area contributed by atoms with E-state index in [1.165, 1.54) is 0 Å². The molecule has 0 heterocycles. The average molecular weight is 384 g/mol. The first-order valence-corrected chi connectivity index (χ1v) is 8.73. The van der Waals surface area contributed by atoms with Gasteiger partial charge in [-0.05, 0) is 42.0 Å². The first-order valence-electron chi connectivity index (χ1n) is 7.97. The van der Waals surface area contributed by atoms with E-state index >= 15 is 0 Å². The minimum atomic E-state index is -0.282. The number of carbonyl (C=O) groups is 2. The molecule has 0 saturated carbocycles. The zero-order valence-electron chi connectivity index (χ0n) is 13.7. The standard InChI is InChI=1S/C21H15Cl2NO2/c22-18-7-3-1-5-16(18)20(25)13-14-9-11-15(12-10-14)24-21(26)17-6-2-4-8-19(17)23/h1-12H,13H2,(H,24,26). The third-order valence-electron chi connectivity index (χ3n) is 3.87. The number of Topliss-reactive ketones (excluding diaryl/α,β-unsaturated/α-hetero) is 1. The van der Waals surface area contributed by atoms with Gasteiger partial charge in [-0.25, -0.2) is 0 Å². The van der Waals surface area contributed by atoms with Crippen LogP contribution in [0.2, 0.25) is 10.0 Å². The maximum Gasteiger partial charge on any atom is 0.257 e. The maximum absolute atomic E-state index is 12.4. The zero-order valence-corrected chi connectivity index (χ0v) is 15.2. The molecule has 0 aliphatic rings. The molecule has 5 heteroatoms. The van der Waals surface area contributed by atoms with Crippen molar-refractivity contribution in [1.29, 1.82) is 0 Å². The molecule has 26 heavy (non-hydrogen) atoms. The molecule has 0 radical (unpaired) electrons. The highest BCUT2D eigenvalue weighted by Crippen LogP contribution is 2.20. The third-order valence-corrected chi connectivity index (χ3v) is 4.53. The number of halogens is 2. The van der Waals surface area contributed by atoms with Crippen molar-refractivity contribution in [1.82, 2.24) is 0 Å². The van der Waals surface area contributed by atoms with Crippen LogP contribution in [0.1, 0.15) is 26.3 Å². The number of carbonyl (C=O) groups excluding carboxylic acids is 2. The number of rotatable bonds is 5. The van der Waals surface area contributed by atoms with E-state index < -0.39 is 0 Å². The van der Waals surface area contributed by atoms with Crippen LogP contribution in [-0.4, -0.2) is 11.7 Å². The Hall–Kier alpha value is -2.62. The Labute approximate surface area is 161 Å². The van der Waals surface area contributed by atoms with Crippen molar-refractivity contribution in [2.75, 3.05) is 5.32 Å². The Bertz CT molecular complexity index is 874. The summed E-state index contributed by atoms with van der Waals surface area (Å²) in [4.78, 5) is 24.6. The molecule has 0 aliphatic heterocycles. The van der Waals surface area contributed by atoms with E-state index in [4.69, 9.17) is 23.2 Å². The van der Waals surface area contributed by atoms with Crippen LogP contribution in [0.25, 0.3) is 0 Å². The summed E-state index contributed by atoms with van der Waals surface area (Å²) >= 11 is 12.1. The molecular formula is C21H15Cl2NO2. The molecule has 1 amide bonds. The first kappa shape index (κ1) is 18.2. The highest BCUT2D eigenvalue weighted by Gasteiger charge is 2.12. The van der Waals surface area contributed by atoms with E-state index in [1.807, 2.05) is 0 Å². The highest BCUT2D eigenvalue weighted by molar-refractivity contribution is 6.34. The smallest absolute Gasteiger partial charge is 0.257 e. The predicted octanol–water partition coefficient (Wildman–Crippen LogP) is 5.67. The molecule has 3 aromatic carbocycles. The Balaban J connectivity index is 1.67. The summed E-state index contributed by atoms with van der Waals surface area (Å²) in [6.07, 6.45) is 0.239. The summed E-state index contributed by atoms with van der Waals surface area (Å²) < 4.78 is 0. The van der Waals surface area contributed by atoms with Crippen LogP contribution in [0, 0.1) is 0 Å². The zero-order chi connectivity index (χ0) is 18.5. The SMILES string of the molecule is O=C(Cc1ccc(NC(=O)c2ccccc2Cl)cc1)c1ccccc1Cl. The summed E-state index contributed by atoms with van der Waals surface area (Å²) in [6.45, 7) is 0. The van der Waals surface area contributed by atoms with E-state index in [9.17, 15) is 9.59 Å². The molecule has 0 aromatic heterocycles. The van der Waals surface area contributed by atoms with Gasteiger partial charge in [-0.15, -0.1) is 0 Å². The second-order valence-electron chi connectivity index (χ2n) is 5.71. The number of nitrogens with one attached hydrogen (secondary N) is 1. The van der Waals surface area contributed by atoms with Crippen LogP contribution in [0.4, 0.5) is 5.69 Å². The van der Waals surface area contributed by atoms with Gasteiger partial charge in [-0.2, -0.15) is 0 Å². The van der Waals surface area contributed by atoms with Gasteiger partial charge in [0.1, 0.15) is 0 Å². The monoisotopic (exact) mass is 383 g/mol. The number of amides is 1. The van der Waals surface area contributed by atoms with Crippen LogP contribution >= 0.6 is 23.2 Å². The van der Waals surface area contributed by atoms with Crippen molar-refractivity contribution >= 4 is 40.6 Å². The number of hydrogen-bond donors (Lipinski definition) is 1. The Kier molecular flexibility index (Phi) is 5.71. The molecule has 3 aromatic rings. The van der Waals surface area contributed by atoms with Gasteiger partial charge in [-0.3, -0.25) is 9.59 Å². The van der Waals surface area contributed by atoms with Crippen molar-refractivity contribution in [2.24, 2.45) is 0 Å². The molecule has 1 N–H and O–H groups in total. The van der Waals surface area contributed by atoms with Gasteiger partial charge in [0.15, 0.2) is 5.78 Å². The van der Waals surface area contributed by atoms with Gasteiger partial charge in [-0.1, -0.05) is 59.6 Å². The summed E-state index contributed by atoms with van der Waals surface area (Å²) in [5.41, 5.74) is 2.38. The normalized spacial score (nSPS) is 10.4. The highest BCUT2D eigenvalue weighted by atomic mass is 35.5. The second-order valence-corrected chi connectivity index (χ2v) is 6.53. The molecule has 0 atom stereocenters. The second kappa shape index (κ2) is 8.17. The van der Waals surface area contributed by atoms with Crippen LogP contribution in [0.3, 0.4) is 0 Å². The maximum atomic E-state index is 12.4. The van der Waals surface area contributed by atoms with Crippen LogP contribution in [0.5, 0.6) is 0 Å². The van der Waals surface area contributed by atoms with Gasteiger partial charge in [0.25, 0.3) is 5.91 Å². The average Bonchev–Trinajstić information content (AvgIpc) is 2.64. The molecular weight excluding hydrogens is 369 g/mol. The van der Waals surface area contributed by atoms with Gasteiger partial charge < -0.3 is 5.32 Å². The lowest BCUT2D eigenvalue weighted by Crippen LogP contribution is -2.12. The third kappa shape index (κ3) is 4.31. The van der Waals surface area contributed by atoms with E-state index in [2.05, 4.69) is 5.32 Å². The van der Waals surface area contributed by atoms with Crippen molar-refractivity contribution in [3.8, 4) is 0 Å². The van der Waals surface area contributed by atoms with Crippen molar-refractivity contribution in [2.45, 2.75) is 6.42 Å². The number of ketones is 1. The first-order chi connectivity index (χ1) is 12.5. The summed E-state index contributed by atoms with van der Waals surface area (Å²) in [5.74, 6) is -0.334. The lowest BCUT2D eigenvalue weighted by Gasteiger charge is -2.08. The molecule has 0 fully saturated rings. The molecule has 0 spiro atoms. The fraction of sp³-hybridized carbons (Fsp3) is 0.0476. The molecule has 3 nitrogen and oxygen atoms in total. The molecule has 3 rings (SSSR count). The molecule has 0 unspecified atom stereocenters.